The van der Waals surface area contributed by atoms with E-state index in [4.69, 9.17) is 16.3 Å². The summed E-state index contributed by atoms with van der Waals surface area (Å²) in [5.74, 6) is 1.71. The molecular weight excluding hydrogens is 254 g/mol. The molecule has 0 bridgehead atoms. The third-order valence-corrected chi connectivity index (χ3v) is 3.26. The highest BCUT2D eigenvalue weighted by Crippen LogP contribution is 2.40. The summed E-state index contributed by atoms with van der Waals surface area (Å²) in [5, 5.41) is 7.13. The molecule has 1 heterocycles. The van der Waals surface area contributed by atoms with Crippen LogP contribution in [0, 0.1) is 0 Å². The van der Waals surface area contributed by atoms with Crippen LogP contribution in [-0.2, 0) is 0 Å². The Hall–Kier alpha value is -1.75. The molecule has 6 heteroatoms. The van der Waals surface area contributed by atoms with E-state index in [1.807, 2.05) is 0 Å². The predicted molar refractivity (Wildman–Crippen MR) is 67.7 cm³/mol. The van der Waals surface area contributed by atoms with Gasteiger partial charge in [0.05, 0.1) is 12.8 Å². The second kappa shape index (κ2) is 4.17. The fraction of sp³-hybridized carbons (Fsp3) is 0.333. The summed E-state index contributed by atoms with van der Waals surface area (Å²) in [6.45, 7) is 0. The molecule has 0 saturated heterocycles. The van der Waals surface area contributed by atoms with Gasteiger partial charge in [0.15, 0.2) is 0 Å². The zero-order valence-corrected chi connectivity index (χ0v) is 10.6. The lowest BCUT2D eigenvalue weighted by molar-refractivity contribution is 0.412. The standard InChI is InChI=1S/C12H12ClN3O2/c1-18-10-5-4-8(13)6-9(10)16-11(7-2-3-7)14-15-12(16)17/h4-7H,2-3H2,1H3,(H,15,17). The number of halogens is 1. The molecule has 0 radical (unpaired) electrons. The van der Waals surface area contributed by atoms with Crippen molar-refractivity contribution in [1.29, 1.82) is 0 Å². The smallest absolute Gasteiger partial charge is 0.348 e. The molecule has 1 aromatic carbocycles. The number of H-pyrrole nitrogens is 1. The molecule has 1 fully saturated rings. The van der Waals surface area contributed by atoms with Crippen LogP contribution in [0.5, 0.6) is 5.75 Å². The molecule has 5 nitrogen and oxygen atoms in total. The quantitative estimate of drug-likeness (QED) is 0.925. The van der Waals surface area contributed by atoms with Crippen LogP contribution in [0.1, 0.15) is 24.6 Å². The van der Waals surface area contributed by atoms with Crippen molar-refractivity contribution in [3.8, 4) is 11.4 Å². The van der Waals surface area contributed by atoms with Crippen molar-refractivity contribution in [2.24, 2.45) is 0 Å². The normalized spacial score (nSPS) is 14.8. The lowest BCUT2D eigenvalue weighted by atomic mass is 10.2. The van der Waals surface area contributed by atoms with E-state index in [9.17, 15) is 4.79 Å². The van der Waals surface area contributed by atoms with E-state index in [-0.39, 0.29) is 5.69 Å². The SMILES string of the molecule is COc1ccc(Cl)cc1-n1c(C2CC2)n[nH]c1=O. The summed E-state index contributed by atoms with van der Waals surface area (Å²) in [4.78, 5) is 11.9. The summed E-state index contributed by atoms with van der Waals surface area (Å²) in [7, 11) is 1.56. The molecule has 2 aromatic rings. The largest absolute Gasteiger partial charge is 0.495 e. The molecule has 3 rings (SSSR count). The van der Waals surface area contributed by atoms with Crippen molar-refractivity contribution in [2.45, 2.75) is 18.8 Å². The topological polar surface area (TPSA) is 59.9 Å². The summed E-state index contributed by atoms with van der Waals surface area (Å²) < 4.78 is 6.82. The van der Waals surface area contributed by atoms with E-state index in [0.29, 0.717) is 22.4 Å². The van der Waals surface area contributed by atoms with Gasteiger partial charge in [0.2, 0.25) is 0 Å². The van der Waals surface area contributed by atoms with E-state index >= 15 is 0 Å². The van der Waals surface area contributed by atoms with E-state index in [1.54, 1.807) is 29.9 Å². The first kappa shape index (κ1) is 11.3. The number of hydrogen-bond acceptors (Lipinski definition) is 3. The second-order valence-corrected chi connectivity index (χ2v) is 4.75. The van der Waals surface area contributed by atoms with Crippen molar-refractivity contribution < 1.29 is 4.74 Å². The summed E-state index contributed by atoms with van der Waals surface area (Å²) in [5.41, 5.74) is 0.364. The average molecular weight is 266 g/mol. The van der Waals surface area contributed by atoms with Crippen molar-refractivity contribution in [3.05, 3.63) is 39.5 Å². The lowest BCUT2D eigenvalue weighted by Gasteiger charge is -2.10. The zero-order valence-electron chi connectivity index (χ0n) is 9.81. The van der Waals surface area contributed by atoms with Crippen molar-refractivity contribution in [2.75, 3.05) is 7.11 Å². The maximum absolute atomic E-state index is 11.9. The maximum Gasteiger partial charge on any atom is 0.348 e. The van der Waals surface area contributed by atoms with Gasteiger partial charge in [-0.25, -0.2) is 14.5 Å². The minimum Gasteiger partial charge on any atom is -0.495 e. The van der Waals surface area contributed by atoms with Gasteiger partial charge in [-0.3, -0.25) is 0 Å². The molecule has 0 aliphatic heterocycles. The summed E-state index contributed by atoms with van der Waals surface area (Å²) in [6, 6.07) is 5.18. The van der Waals surface area contributed by atoms with Crippen LogP contribution in [-0.4, -0.2) is 21.9 Å². The number of hydrogen-bond donors (Lipinski definition) is 1. The number of ether oxygens (including phenoxy) is 1. The number of rotatable bonds is 3. The third kappa shape index (κ3) is 1.80. The Morgan fingerprint density at radius 1 is 1.50 bits per heavy atom. The minimum atomic E-state index is -0.266. The van der Waals surface area contributed by atoms with E-state index < -0.39 is 0 Å². The Labute approximate surface area is 108 Å². The van der Waals surface area contributed by atoms with Crippen LogP contribution < -0.4 is 10.4 Å². The fourth-order valence-corrected chi connectivity index (χ4v) is 2.16. The molecule has 18 heavy (non-hydrogen) atoms. The van der Waals surface area contributed by atoms with Gasteiger partial charge in [0.25, 0.3) is 0 Å². The Morgan fingerprint density at radius 3 is 2.94 bits per heavy atom. The number of benzene rings is 1. The molecule has 1 aliphatic rings. The van der Waals surface area contributed by atoms with E-state index in [1.165, 1.54) is 0 Å². The molecule has 0 amide bonds. The molecule has 0 unspecified atom stereocenters. The Bertz CT molecular complexity index is 643. The third-order valence-electron chi connectivity index (χ3n) is 3.02. The number of methoxy groups -OCH3 is 1. The minimum absolute atomic E-state index is 0.266. The molecule has 1 aliphatic carbocycles. The van der Waals surface area contributed by atoms with Crippen LogP contribution in [0.25, 0.3) is 5.69 Å². The molecular formula is C12H12ClN3O2. The van der Waals surface area contributed by atoms with Crippen molar-refractivity contribution in [3.63, 3.8) is 0 Å². The van der Waals surface area contributed by atoms with Crippen LogP contribution in [0.4, 0.5) is 0 Å². The van der Waals surface area contributed by atoms with Gasteiger partial charge in [-0.1, -0.05) is 11.6 Å². The van der Waals surface area contributed by atoms with Crippen LogP contribution in [0.3, 0.4) is 0 Å². The van der Waals surface area contributed by atoms with Gasteiger partial charge < -0.3 is 4.74 Å². The second-order valence-electron chi connectivity index (χ2n) is 4.31. The summed E-state index contributed by atoms with van der Waals surface area (Å²) in [6.07, 6.45) is 2.13. The first-order valence-corrected chi connectivity index (χ1v) is 6.09. The van der Waals surface area contributed by atoms with Gasteiger partial charge in [-0.2, -0.15) is 5.10 Å². The monoisotopic (exact) mass is 265 g/mol. The molecule has 1 aromatic heterocycles. The van der Waals surface area contributed by atoms with Gasteiger partial charge >= 0.3 is 5.69 Å². The zero-order chi connectivity index (χ0) is 12.7. The van der Waals surface area contributed by atoms with Crippen molar-refractivity contribution >= 4 is 11.6 Å². The first-order chi connectivity index (χ1) is 8.70. The van der Waals surface area contributed by atoms with Gasteiger partial charge in [-0.05, 0) is 31.0 Å². The lowest BCUT2D eigenvalue weighted by Crippen LogP contribution is -2.17. The predicted octanol–water partition coefficient (Wildman–Crippen LogP) is 2.10. The Balaban J connectivity index is 2.22. The molecule has 0 spiro atoms. The van der Waals surface area contributed by atoms with E-state index in [2.05, 4.69) is 10.2 Å². The maximum atomic E-state index is 11.9. The van der Waals surface area contributed by atoms with Crippen LogP contribution in [0.15, 0.2) is 23.0 Å². The number of nitrogens with zero attached hydrogens (tertiary/aromatic N) is 2. The van der Waals surface area contributed by atoms with Gasteiger partial charge in [0.1, 0.15) is 11.6 Å². The fourth-order valence-electron chi connectivity index (χ4n) is 2.00. The molecule has 1 N–H and O–H groups in total. The van der Waals surface area contributed by atoms with Crippen molar-refractivity contribution in [1.82, 2.24) is 14.8 Å². The number of aromatic nitrogens is 3. The molecule has 94 valence electrons. The molecule has 0 atom stereocenters. The van der Waals surface area contributed by atoms with Crippen LogP contribution in [0.2, 0.25) is 5.02 Å². The van der Waals surface area contributed by atoms with Crippen LogP contribution >= 0.6 is 11.6 Å². The highest BCUT2D eigenvalue weighted by atomic mass is 35.5. The Kier molecular flexibility index (Phi) is 2.63. The Morgan fingerprint density at radius 2 is 2.28 bits per heavy atom. The van der Waals surface area contributed by atoms with Gasteiger partial charge in [0, 0.05) is 10.9 Å². The number of aromatic amines is 1. The number of nitrogens with one attached hydrogen (secondary N) is 1. The highest BCUT2D eigenvalue weighted by Gasteiger charge is 2.30. The first-order valence-electron chi connectivity index (χ1n) is 5.72. The highest BCUT2D eigenvalue weighted by molar-refractivity contribution is 6.30. The summed E-state index contributed by atoms with van der Waals surface area (Å²) >= 11 is 5.99. The average Bonchev–Trinajstić information content (AvgIpc) is 3.13. The van der Waals surface area contributed by atoms with Gasteiger partial charge in [-0.15, -0.1) is 0 Å². The molecule has 1 saturated carbocycles. The van der Waals surface area contributed by atoms with E-state index in [0.717, 1.165) is 18.7 Å².